The summed E-state index contributed by atoms with van der Waals surface area (Å²) in [6, 6.07) is 13.0. The quantitative estimate of drug-likeness (QED) is 0.921. The van der Waals surface area contributed by atoms with Crippen molar-refractivity contribution in [3.05, 3.63) is 48.3 Å². The number of nitrogens with zero attached hydrogens (tertiary/aromatic N) is 2. The first kappa shape index (κ1) is 14.3. The topological polar surface area (TPSA) is 29.9 Å². The summed E-state index contributed by atoms with van der Waals surface area (Å²) < 4.78 is 1.95. The Hall–Kier alpha value is -1.61. The van der Waals surface area contributed by atoms with Gasteiger partial charge in [-0.3, -0.25) is 0 Å². The second-order valence-electron chi connectivity index (χ2n) is 6.76. The van der Waals surface area contributed by atoms with Crippen LogP contribution in [0.1, 0.15) is 45.2 Å². The molecule has 1 aliphatic rings. The highest BCUT2D eigenvalue weighted by atomic mass is 15.3. The lowest BCUT2D eigenvalue weighted by atomic mass is 9.73. The molecular formula is C18H25N3. The standard InChI is InChI=1S/C18H25N3/c1-18(2)12-7-6-10-17(18)19-14-15-11-13-21(20-15)16-8-4-3-5-9-16/h3-5,8-9,11,13,17,19H,6-7,10,12,14H2,1-2H3. The fraction of sp³-hybridized carbons (Fsp3) is 0.500. The number of nitrogens with one attached hydrogen (secondary N) is 1. The van der Waals surface area contributed by atoms with Gasteiger partial charge in [-0.2, -0.15) is 5.10 Å². The van der Waals surface area contributed by atoms with Crippen molar-refractivity contribution in [1.29, 1.82) is 0 Å². The van der Waals surface area contributed by atoms with Gasteiger partial charge in [0.05, 0.1) is 11.4 Å². The first-order chi connectivity index (χ1) is 10.1. The van der Waals surface area contributed by atoms with Gasteiger partial charge in [0, 0.05) is 18.8 Å². The maximum atomic E-state index is 4.67. The molecule has 1 saturated carbocycles. The monoisotopic (exact) mass is 283 g/mol. The van der Waals surface area contributed by atoms with E-state index in [9.17, 15) is 0 Å². The van der Waals surface area contributed by atoms with E-state index in [1.54, 1.807) is 0 Å². The molecule has 112 valence electrons. The average Bonchev–Trinajstić information content (AvgIpc) is 2.95. The van der Waals surface area contributed by atoms with E-state index in [4.69, 9.17) is 0 Å². The third-order valence-corrected chi connectivity index (χ3v) is 4.70. The van der Waals surface area contributed by atoms with Gasteiger partial charge in [0.1, 0.15) is 0 Å². The zero-order valence-electron chi connectivity index (χ0n) is 13.0. The Morgan fingerprint density at radius 2 is 2.00 bits per heavy atom. The molecule has 0 spiro atoms. The number of rotatable bonds is 4. The molecule has 1 unspecified atom stereocenters. The minimum absolute atomic E-state index is 0.403. The molecule has 3 heteroatoms. The lowest BCUT2D eigenvalue weighted by molar-refractivity contribution is 0.166. The lowest BCUT2D eigenvalue weighted by Gasteiger charge is -2.39. The molecule has 0 bridgehead atoms. The fourth-order valence-corrected chi connectivity index (χ4v) is 3.28. The Bertz CT molecular complexity index is 571. The summed E-state index contributed by atoms with van der Waals surface area (Å²) in [5.41, 5.74) is 2.63. The Kier molecular flexibility index (Phi) is 4.11. The van der Waals surface area contributed by atoms with Crippen LogP contribution in [0.25, 0.3) is 5.69 Å². The van der Waals surface area contributed by atoms with E-state index in [1.807, 2.05) is 29.1 Å². The predicted molar refractivity (Wildman–Crippen MR) is 86.4 cm³/mol. The van der Waals surface area contributed by atoms with Crippen LogP contribution < -0.4 is 5.32 Å². The SMILES string of the molecule is CC1(C)CCCCC1NCc1ccn(-c2ccccc2)n1. The molecule has 1 N–H and O–H groups in total. The number of benzene rings is 1. The van der Waals surface area contributed by atoms with Crippen molar-refractivity contribution in [2.24, 2.45) is 5.41 Å². The van der Waals surface area contributed by atoms with Gasteiger partial charge >= 0.3 is 0 Å². The largest absolute Gasteiger partial charge is 0.308 e. The molecule has 1 aromatic carbocycles. The molecule has 0 aliphatic heterocycles. The van der Waals surface area contributed by atoms with Crippen LogP contribution in [-0.4, -0.2) is 15.8 Å². The van der Waals surface area contributed by atoms with Gasteiger partial charge in [0.25, 0.3) is 0 Å². The van der Waals surface area contributed by atoms with Crippen LogP contribution in [0.3, 0.4) is 0 Å². The van der Waals surface area contributed by atoms with Crippen LogP contribution in [0.15, 0.2) is 42.6 Å². The highest BCUT2D eigenvalue weighted by Crippen LogP contribution is 2.35. The van der Waals surface area contributed by atoms with Gasteiger partial charge in [-0.05, 0) is 36.5 Å². The van der Waals surface area contributed by atoms with Crippen molar-refractivity contribution in [2.45, 2.75) is 52.1 Å². The minimum Gasteiger partial charge on any atom is -0.308 e. The Balaban J connectivity index is 1.63. The lowest BCUT2D eigenvalue weighted by Crippen LogP contribution is -2.43. The Morgan fingerprint density at radius 1 is 1.19 bits per heavy atom. The third-order valence-electron chi connectivity index (χ3n) is 4.70. The molecule has 1 heterocycles. The highest BCUT2D eigenvalue weighted by molar-refractivity contribution is 5.30. The first-order valence-electron chi connectivity index (χ1n) is 7.98. The van der Waals surface area contributed by atoms with E-state index >= 15 is 0 Å². The zero-order chi connectivity index (χ0) is 14.7. The minimum atomic E-state index is 0.403. The van der Waals surface area contributed by atoms with E-state index in [1.165, 1.54) is 25.7 Å². The molecule has 0 amide bonds. The van der Waals surface area contributed by atoms with Gasteiger partial charge in [0.2, 0.25) is 0 Å². The van der Waals surface area contributed by atoms with Crippen LogP contribution in [0, 0.1) is 5.41 Å². The van der Waals surface area contributed by atoms with E-state index in [-0.39, 0.29) is 0 Å². The molecule has 1 aromatic heterocycles. The van der Waals surface area contributed by atoms with Crippen molar-refractivity contribution in [3.8, 4) is 5.69 Å². The van der Waals surface area contributed by atoms with Crippen LogP contribution in [-0.2, 0) is 6.54 Å². The molecule has 2 aromatic rings. The van der Waals surface area contributed by atoms with Crippen LogP contribution in [0.4, 0.5) is 0 Å². The first-order valence-corrected chi connectivity index (χ1v) is 7.98. The molecule has 0 saturated heterocycles. The summed E-state index contributed by atoms with van der Waals surface area (Å²) in [6.07, 6.45) is 7.36. The Morgan fingerprint density at radius 3 is 2.76 bits per heavy atom. The molecule has 1 aliphatic carbocycles. The van der Waals surface area contributed by atoms with Crippen molar-refractivity contribution >= 4 is 0 Å². The molecule has 0 radical (unpaired) electrons. The average molecular weight is 283 g/mol. The summed E-state index contributed by atoms with van der Waals surface area (Å²) in [5.74, 6) is 0. The Labute approximate surface area is 127 Å². The summed E-state index contributed by atoms with van der Waals surface area (Å²) in [5, 5.41) is 8.38. The molecular weight excluding hydrogens is 258 g/mol. The second kappa shape index (κ2) is 6.02. The fourth-order valence-electron chi connectivity index (χ4n) is 3.28. The van der Waals surface area contributed by atoms with Gasteiger partial charge in [0.15, 0.2) is 0 Å². The van der Waals surface area contributed by atoms with Crippen LogP contribution in [0.5, 0.6) is 0 Å². The van der Waals surface area contributed by atoms with Gasteiger partial charge < -0.3 is 5.32 Å². The number of hydrogen-bond acceptors (Lipinski definition) is 2. The van der Waals surface area contributed by atoms with Crippen LogP contribution in [0.2, 0.25) is 0 Å². The number of para-hydroxylation sites is 1. The van der Waals surface area contributed by atoms with E-state index in [0.29, 0.717) is 11.5 Å². The van der Waals surface area contributed by atoms with E-state index in [2.05, 4.69) is 42.5 Å². The summed E-state index contributed by atoms with van der Waals surface area (Å²) in [7, 11) is 0. The van der Waals surface area contributed by atoms with Crippen molar-refractivity contribution in [2.75, 3.05) is 0 Å². The maximum Gasteiger partial charge on any atom is 0.0766 e. The molecule has 3 rings (SSSR count). The molecule has 21 heavy (non-hydrogen) atoms. The maximum absolute atomic E-state index is 4.67. The van der Waals surface area contributed by atoms with Crippen molar-refractivity contribution in [1.82, 2.24) is 15.1 Å². The van der Waals surface area contributed by atoms with Crippen molar-refractivity contribution < 1.29 is 0 Å². The zero-order valence-corrected chi connectivity index (χ0v) is 13.0. The smallest absolute Gasteiger partial charge is 0.0766 e. The van der Waals surface area contributed by atoms with Gasteiger partial charge in [-0.15, -0.1) is 0 Å². The number of hydrogen-bond donors (Lipinski definition) is 1. The van der Waals surface area contributed by atoms with Gasteiger partial charge in [-0.25, -0.2) is 4.68 Å². The molecule has 1 atom stereocenters. The molecule has 1 fully saturated rings. The second-order valence-corrected chi connectivity index (χ2v) is 6.76. The summed E-state index contributed by atoms with van der Waals surface area (Å²) in [4.78, 5) is 0. The summed E-state index contributed by atoms with van der Waals surface area (Å²) >= 11 is 0. The highest BCUT2D eigenvalue weighted by Gasteiger charge is 2.31. The predicted octanol–water partition coefficient (Wildman–Crippen LogP) is 3.93. The van der Waals surface area contributed by atoms with E-state index < -0.39 is 0 Å². The molecule has 3 nitrogen and oxygen atoms in total. The van der Waals surface area contributed by atoms with Crippen LogP contribution >= 0.6 is 0 Å². The van der Waals surface area contributed by atoms with Gasteiger partial charge in [-0.1, -0.05) is 44.9 Å². The normalized spacial score (nSPS) is 21.3. The van der Waals surface area contributed by atoms with E-state index in [0.717, 1.165) is 17.9 Å². The summed E-state index contributed by atoms with van der Waals surface area (Å²) in [6.45, 7) is 5.62. The third kappa shape index (κ3) is 3.35. The number of aromatic nitrogens is 2. The van der Waals surface area contributed by atoms with Crippen molar-refractivity contribution in [3.63, 3.8) is 0 Å².